The van der Waals surface area contributed by atoms with Gasteiger partial charge < -0.3 is 18.9 Å². The number of esters is 4. The molecule has 5 aromatic rings. The summed E-state index contributed by atoms with van der Waals surface area (Å²) in [6.07, 6.45) is 14.2. The standard InChI is InChI=1S/C48H60O8/c1-5-9-13-17-29-53-45(49)37-28-27-35-34-25-21-23-33-24-22-26-36(38(33)34)40-39(35)41(37)43(47(51)55-31-19-15-11-7-3)44(48(52)56-32-20-16-12-8-4)42(40)46(50)54-30-18-14-10-6-2/h21-28H,5-20,29-32H2,1-4H3. The molecule has 8 nitrogen and oxygen atoms in total. The lowest BCUT2D eigenvalue weighted by atomic mass is 9.81. The molecule has 0 saturated heterocycles. The number of benzene rings is 5. The van der Waals surface area contributed by atoms with Crippen LogP contribution in [0.25, 0.3) is 43.1 Å². The molecule has 0 bridgehead atoms. The molecule has 0 N–H and O–H groups in total. The van der Waals surface area contributed by atoms with Crippen LogP contribution in [0.3, 0.4) is 0 Å². The third-order valence-corrected chi connectivity index (χ3v) is 10.7. The molecule has 0 spiro atoms. The van der Waals surface area contributed by atoms with Crippen LogP contribution < -0.4 is 0 Å². The zero-order valence-electron chi connectivity index (χ0n) is 34.0. The summed E-state index contributed by atoms with van der Waals surface area (Å²) >= 11 is 0. The van der Waals surface area contributed by atoms with Crippen molar-refractivity contribution in [1.82, 2.24) is 0 Å². The molecule has 0 atom stereocenters. The van der Waals surface area contributed by atoms with Crippen molar-refractivity contribution in [2.75, 3.05) is 26.4 Å². The van der Waals surface area contributed by atoms with Crippen molar-refractivity contribution in [1.29, 1.82) is 0 Å². The first-order valence-electron chi connectivity index (χ1n) is 21.3. The van der Waals surface area contributed by atoms with Gasteiger partial charge in [0, 0.05) is 16.2 Å². The molecule has 0 heterocycles. The Hall–Kier alpha value is -4.72. The number of unbranched alkanes of at least 4 members (excludes halogenated alkanes) is 12. The monoisotopic (exact) mass is 764 g/mol. The maximum atomic E-state index is 14.7. The highest BCUT2D eigenvalue weighted by atomic mass is 16.5. The maximum Gasteiger partial charge on any atom is 0.339 e. The predicted octanol–water partition coefficient (Wildman–Crippen LogP) is 12.7. The molecule has 0 aliphatic rings. The van der Waals surface area contributed by atoms with E-state index in [1.807, 2.05) is 42.5 Å². The van der Waals surface area contributed by atoms with Crippen molar-refractivity contribution in [3.05, 3.63) is 70.8 Å². The van der Waals surface area contributed by atoms with E-state index in [1.54, 1.807) is 6.07 Å². The molecular weight excluding hydrogens is 705 g/mol. The van der Waals surface area contributed by atoms with Crippen molar-refractivity contribution in [2.24, 2.45) is 0 Å². The fourth-order valence-electron chi connectivity index (χ4n) is 7.74. The van der Waals surface area contributed by atoms with Crippen LogP contribution in [0.5, 0.6) is 0 Å². The van der Waals surface area contributed by atoms with Gasteiger partial charge in [0.15, 0.2) is 0 Å². The third kappa shape index (κ3) is 9.80. The Morgan fingerprint density at radius 3 is 1.27 bits per heavy atom. The van der Waals surface area contributed by atoms with Crippen LogP contribution in [-0.4, -0.2) is 50.3 Å². The number of hydrogen-bond acceptors (Lipinski definition) is 8. The van der Waals surface area contributed by atoms with Gasteiger partial charge >= 0.3 is 23.9 Å². The smallest absolute Gasteiger partial charge is 0.339 e. The second-order valence-electron chi connectivity index (χ2n) is 14.9. The van der Waals surface area contributed by atoms with Gasteiger partial charge in [0.1, 0.15) is 0 Å². The quantitative estimate of drug-likeness (QED) is 0.0201. The Kier molecular flexibility index (Phi) is 16.3. The van der Waals surface area contributed by atoms with E-state index >= 15 is 0 Å². The van der Waals surface area contributed by atoms with Crippen LogP contribution in [0, 0.1) is 0 Å². The van der Waals surface area contributed by atoms with Crippen LogP contribution in [0.15, 0.2) is 48.5 Å². The van der Waals surface area contributed by atoms with Crippen molar-refractivity contribution >= 4 is 67.0 Å². The largest absolute Gasteiger partial charge is 0.462 e. The van der Waals surface area contributed by atoms with Gasteiger partial charge in [-0.2, -0.15) is 0 Å². The lowest BCUT2D eigenvalue weighted by Crippen LogP contribution is -2.23. The molecule has 0 radical (unpaired) electrons. The molecule has 0 unspecified atom stereocenters. The molecule has 300 valence electrons. The number of hydrogen-bond donors (Lipinski definition) is 0. The Bertz CT molecular complexity index is 2090. The van der Waals surface area contributed by atoms with E-state index in [0.29, 0.717) is 41.8 Å². The highest BCUT2D eigenvalue weighted by molar-refractivity contribution is 6.40. The van der Waals surface area contributed by atoms with E-state index in [4.69, 9.17) is 18.9 Å². The molecule has 5 aromatic carbocycles. The maximum absolute atomic E-state index is 14.7. The Morgan fingerprint density at radius 1 is 0.375 bits per heavy atom. The number of carbonyl (C=O) groups excluding carboxylic acids is 4. The van der Waals surface area contributed by atoms with Crippen molar-refractivity contribution in [2.45, 2.75) is 130 Å². The van der Waals surface area contributed by atoms with Crippen molar-refractivity contribution < 1.29 is 38.1 Å². The molecule has 0 aromatic heterocycles. The SMILES string of the molecule is CCCCCCOC(=O)c1c(C(=O)OCCCCCC)c2c(C(=O)OCCCCCC)ccc3c4cccc5cccc(c(c1C(=O)OCCCCCC)c23)c54. The van der Waals surface area contributed by atoms with E-state index in [0.717, 1.165) is 98.6 Å². The minimum atomic E-state index is -0.828. The summed E-state index contributed by atoms with van der Waals surface area (Å²) in [5.74, 6) is -2.96. The van der Waals surface area contributed by atoms with E-state index in [1.165, 1.54) is 0 Å². The zero-order chi connectivity index (χ0) is 39.9. The van der Waals surface area contributed by atoms with Crippen LogP contribution in [0.2, 0.25) is 0 Å². The molecule has 0 aliphatic heterocycles. The van der Waals surface area contributed by atoms with Crippen molar-refractivity contribution in [3.63, 3.8) is 0 Å². The topological polar surface area (TPSA) is 105 Å². The van der Waals surface area contributed by atoms with Gasteiger partial charge in [-0.05, 0) is 58.7 Å². The lowest BCUT2D eigenvalue weighted by Gasteiger charge is -2.23. The lowest BCUT2D eigenvalue weighted by molar-refractivity contribution is 0.0432. The Balaban J connectivity index is 1.85. The van der Waals surface area contributed by atoms with Crippen LogP contribution >= 0.6 is 0 Å². The van der Waals surface area contributed by atoms with Gasteiger partial charge in [-0.15, -0.1) is 0 Å². The highest BCUT2D eigenvalue weighted by Gasteiger charge is 2.36. The van der Waals surface area contributed by atoms with Crippen LogP contribution in [0.1, 0.15) is 172 Å². The van der Waals surface area contributed by atoms with Gasteiger partial charge in [0.05, 0.1) is 48.7 Å². The average Bonchev–Trinajstić information content (AvgIpc) is 3.21. The molecule has 0 fully saturated rings. The third-order valence-electron chi connectivity index (χ3n) is 10.7. The number of carbonyl (C=O) groups is 4. The summed E-state index contributed by atoms with van der Waals surface area (Å²) in [5, 5.41) is 5.33. The molecule has 56 heavy (non-hydrogen) atoms. The molecular formula is C48H60O8. The Morgan fingerprint density at radius 2 is 0.786 bits per heavy atom. The van der Waals surface area contributed by atoms with E-state index in [9.17, 15) is 19.2 Å². The first kappa shape index (κ1) is 42.4. The number of rotatable bonds is 24. The number of fused-ring (bicyclic) bond motifs is 2. The van der Waals surface area contributed by atoms with Gasteiger partial charge in [-0.25, -0.2) is 19.2 Å². The van der Waals surface area contributed by atoms with E-state index in [-0.39, 0.29) is 54.1 Å². The van der Waals surface area contributed by atoms with Crippen LogP contribution in [-0.2, 0) is 18.9 Å². The summed E-state index contributed by atoms with van der Waals surface area (Å²) in [5.41, 5.74) is -0.313. The predicted molar refractivity (Wildman–Crippen MR) is 225 cm³/mol. The van der Waals surface area contributed by atoms with Gasteiger partial charge in [-0.1, -0.05) is 147 Å². The summed E-state index contributed by atoms with van der Waals surface area (Å²) in [7, 11) is 0. The first-order chi connectivity index (χ1) is 27.4. The van der Waals surface area contributed by atoms with Gasteiger partial charge in [0.25, 0.3) is 0 Å². The molecule has 8 heteroatoms. The fraction of sp³-hybridized carbons (Fsp3) is 0.500. The van der Waals surface area contributed by atoms with Gasteiger partial charge in [-0.3, -0.25) is 0 Å². The molecule has 0 amide bonds. The molecule has 0 saturated carbocycles. The van der Waals surface area contributed by atoms with E-state index < -0.39 is 23.9 Å². The summed E-state index contributed by atoms with van der Waals surface area (Å²) in [6.45, 7) is 9.03. The Labute approximate surface area is 331 Å². The second-order valence-corrected chi connectivity index (χ2v) is 14.9. The summed E-state index contributed by atoms with van der Waals surface area (Å²) < 4.78 is 23.8. The van der Waals surface area contributed by atoms with Gasteiger partial charge in [0.2, 0.25) is 0 Å². The van der Waals surface area contributed by atoms with Crippen LogP contribution in [0.4, 0.5) is 0 Å². The zero-order valence-corrected chi connectivity index (χ0v) is 34.0. The molecule has 5 rings (SSSR count). The minimum absolute atomic E-state index is 0.0437. The summed E-state index contributed by atoms with van der Waals surface area (Å²) in [4.78, 5) is 58.2. The normalized spacial score (nSPS) is 11.5. The number of ether oxygens (including phenoxy) is 4. The second kappa shape index (κ2) is 21.5. The van der Waals surface area contributed by atoms with E-state index in [2.05, 4.69) is 27.7 Å². The summed E-state index contributed by atoms with van der Waals surface area (Å²) in [6, 6.07) is 15.4. The highest BCUT2D eigenvalue weighted by Crippen LogP contribution is 2.46. The average molecular weight is 765 g/mol. The van der Waals surface area contributed by atoms with Crippen molar-refractivity contribution in [3.8, 4) is 0 Å². The minimum Gasteiger partial charge on any atom is -0.462 e. The molecule has 0 aliphatic carbocycles. The first-order valence-corrected chi connectivity index (χ1v) is 21.3. The fourth-order valence-corrected chi connectivity index (χ4v) is 7.74.